The molecule has 0 heterocycles. The molecule has 2 rings (SSSR count). The van der Waals surface area contributed by atoms with Crippen LogP contribution in [0, 0.1) is 20.8 Å². The number of aryl methyl sites for hydroxylation is 2. The first kappa shape index (κ1) is 22.9. The van der Waals surface area contributed by atoms with E-state index in [0.717, 1.165) is 34.2 Å². The average molecular weight is 400 g/mol. The normalized spacial score (nSPS) is 17.7. The van der Waals surface area contributed by atoms with E-state index in [9.17, 15) is 14.7 Å². The molecule has 0 saturated heterocycles. The van der Waals surface area contributed by atoms with Crippen molar-refractivity contribution in [2.45, 2.75) is 79.6 Å². The quantitative estimate of drug-likeness (QED) is 0.348. The van der Waals surface area contributed by atoms with Crippen LogP contribution in [0.25, 0.3) is 0 Å². The molecule has 5 heteroatoms. The first-order valence-corrected chi connectivity index (χ1v) is 10.5. The van der Waals surface area contributed by atoms with Crippen LogP contribution in [0.2, 0.25) is 0 Å². The molecule has 1 atom stereocenters. The molecule has 0 aromatic heterocycles. The first-order valence-electron chi connectivity index (χ1n) is 10.5. The number of carbonyl (C=O) groups is 2. The minimum Gasteiger partial charge on any atom is -0.511 e. The van der Waals surface area contributed by atoms with Gasteiger partial charge in [-0.2, -0.15) is 0 Å². The van der Waals surface area contributed by atoms with Gasteiger partial charge in [0.15, 0.2) is 11.6 Å². The molecule has 0 fully saturated rings. The Bertz CT molecular complexity index is 864. The number of rotatable bonds is 8. The molecule has 0 unspecified atom stereocenters. The van der Waals surface area contributed by atoms with Crippen LogP contribution in [0.4, 0.5) is 0 Å². The zero-order valence-electron chi connectivity index (χ0n) is 18.5. The fourth-order valence-corrected chi connectivity index (χ4v) is 4.47. The molecular formula is C24H33NO4. The Balaban J connectivity index is 2.49. The molecule has 0 aliphatic heterocycles. The van der Waals surface area contributed by atoms with Crippen LogP contribution in [0.3, 0.4) is 0 Å². The summed E-state index contributed by atoms with van der Waals surface area (Å²) in [7, 11) is 0. The zero-order valence-corrected chi connectivity index (χ0v) is 18.5. The number of oxime groups is 1. The Morgan fingerprint density at radius 3 is 2.41 bits per heavy atom. The second kappa shape index (κ2) is 9.86. The van der Waals surface area contributed by atoms with Gasteiger partial charge < -0.3 is 9.94 Å². The van der Waals surface area contributed by atoms with Gasteiger partial charge in [0.1, 0.15) is 12.4 Å². The number of aliphatic hydroxyl groups excluding tert-OH is 1. The van der Waals surface area contributed by atoms with Crippen molar-refractivity contribution in [1.29, 1.82) is 0 Å². The maximum absolute atomic E-state index is 12.9. The minimum absolute atomic E-state index is 0.0624. The van der Waals surface area contributed by atoms with Gasteiger partial charge in [-0.05, 0) is 68.7 Å². The number of Topliss-reactive ketones (excluding diaryl/α,β-unsaturated/α-hetero) is 2. The molecule has 1 aliphatic rings. The number of benzene rings is 1. The van der Waals surface area contributed by atoms with E-state index in [1.54, 1.807) is 0 Å². The number of carbonyl (C=O) groups excluding carboxylic acids is 2. The van der Waals surface area contributed by atoms with E-state index in [1.807, 2.05) is 47.6 Å². The van der Waals surface area contributed by atoms with Crippen LogP contribution < -0.4 is 0 Å². The van der Waals surface area contributed by atoms with Crippen LogP contribution in [0.5, 0.6) is 0 Å². The summed E-state index contributed by atoms with van der Waals surface area (Å²) >= 11 is 0. The summed E-state index contributed by atoms with van der Waals surface area (Å²) < 4.78 is 0. The van der Waals surface area contributed by atoms with Crippen LogP contribution >= 0.6 is 0 Å². The Labute approximate surface area is 173 Å². The molecule has 0 spiro atoms. The van der Waals surface area contributed by atoms with Crippen LogP contribution in [0.1, 0.15) is 91.4 Å². The highest BCUT2D eigenvalue weighted by molar-refractivity contribution is 6.23. The first-order chi connectivity index (χ1) is 13.8. The molecule has 0 radical (unpaired) electrons. The molecule has 1 N–H and O–H groups in total. The standard InChI is InChI=1S/C24H33NO4/c1-7-10-19(26)23-15(5)11-14(4)22(16(23)6)17-12-20(27)24(21(28)13-17)18(8-2)25-29-9-3/h11,17,27H,7-10,12-13H2,1-6H3/b25-18-/t17-/m1/s1. The van der Waals surface area contributed by atoms with Crippen LogP contribution in [-0.4, -0.2) is 29.0 Å². The SMILES string of the molecule is CCCC(=O)c1c(C)cc(C)c([C@H]2CC(=O)C(/C(CC)=N\OCC)=C(O)C2)c1C. The molecular weight excluding hydrogens is 366 g/mol. The van der Waals surface area contributed by atoms with Crippen molar-refractivity contribution < 1.29 is 19.5 Å². The second-order valence-electron chi connectivity index (χ2n) is 7.76. The van der Waals surface area contributed by atoms with E-state index < -0.39 is 0 Å². The number of nitrogens with zero attached hydrogens (tertiary/aromatic N) is 1. The fourth-order valence-electron chi connectivity index (χ4n) is 4.47. The number of allylic oxidation sites excluding steroid dienone is 2. The Kier molecular flexibility index (Phi) is 7.77. The molecule has 5 nitrogen and oxygen atoms in total. The van der Waals surface area contributed by atoms with Gasteiger partial charge in [-0.1, -0.05) is 25.1 Å². The van der Waals surface area contributed by atoms with Gasteiger partial charge in [-0.3, -0.25) is 9.59 Å². The van der Waals surface area contributed by atoms with E-state index in [-0.39, 0.29) is 29.7 Å². The van der Waals surface area contributed by atoms with E-state index in [2.05, 4.69) is 5.16 Å². The van der Waals surface area contributed by atoms with Gasteiger partial charge in [0.2, 0.25) is 0 Å². The number of ketones is 2. The van der Waals surface area contributed by atoms with Crippen molar-refractivity contribution in [3.8, 4) is 0 Å². The lowest BCUT2D eigenvalue weighted by atomic mass is 9.76. The third kappa shape index (κ3) is 4.77. The lowest BCUT2D eigenvalue weighted by Gasteiger charge is -2.28. The molecule has 1 aromatic rings. The van der Waals surface area contributed by atoms with Gasteiger partial charge in [0, 0.05) is 24.8 Å². The smallest absolute Gasteiger partial charge is 0.168 e. The van der Waals surface area contributed by atoms with Gasteiger partial charge in [-0.25, -0.2) is 0 Å². The highest BCUT2D eigenvalue weighted by atomic mass is 16.6. The minimum atomic E-state index is -0.148. The molecule has 0 amide bonds. The van der Waals surface area contributed by atoms with Gasteiger partial charge in [0.25, 0.3) is 0 Å². The lowest BCUT2D eigenvalue weighted by Crippen LogP contribution is -2.25. The van der Waals surface area contributed by atoms with Crippen LogP contribution in [-0.2, 0) is 9.63 Å². The summed E-state index contributed by atoms with van der Waals surface area (Å²) in [5, 5.41) is 14.7. The van der Waals surface area contributed by atoms with Crippen molar-refractivity contribution >= 4 is 17.3 Å². The van der Waals surface area contributed by atoms with E-state index in [1.165, 1.54) is 0 Å². The highest BCUT2D eigenvalue weighted by Gasteiger charge is 2.33. The van der Waals surface area contributed by atoms with Crippen molar-refractivity contribution in [1.82, 2.24) is 0 Å². The molecule has 29 heavy (non-hydrogen) atoms. The average Bonchev–Trinajstić information content (AvgIpc) is 2.63. The summed E-state index contributed by atoms with van der Waals surface area (Å²) in [6.07, 6.45) is 2.47. The van der Waals surface area contributed by atoms with E-state index in [4.69, 9.17) is 4.84 Å². The van der Waals surface area contributed by atoms with Crippen LogP contribution in [0.15, 0.2) is 22.6 Å². The van der Waals surface area contributed by atoms with Gasteiger partial charge in [0.05, 0.1) is 11.3 Å². The summed E-state index contributed by atoms with van der Waals surface area (Å²) in [5.74, 6) is -0.0686. The number of aliphatic hydroxyl groups is 1. The van der Waals surface area contributed by atoms with Crippen molar-refractivity contribution in [3.63, 3.8) is 0 Å². The molecule has 158 valence electrons. The van der Waals surface area contributed by atoms with E-state index in [0.29, 0.717) is 37.2 Å². The molecule has 1 aromatic carbocycles. The molecule has 0 bridgehead atoms. The second-order valence-corrected chi connectivity index (χ2v) is 7.76. The maximum Gasteiger partial charge on any atom is 0.168 e. The molecule has 0 saturated carbocycles. The topological polar surface area (TPSA) is 76.0 Å². The summed E-state index contributed by atoms with van der Waals surface area (Å²) in [6, 6.07) is 2.03. The predicted octanol–water partition coefficient (Wildman–Crippen LogP) is 5.66. The van der Waals surface area contributed by atoms with E-state index >= 15 is 0 Å². The highest BCUT2D eigenvalue weighted by Crippen LogP contribution is 2.39. The summed E-state index contributed by atoms with van der Waals surface area (Å²) in [6.45, 7) is 12.1. The zero-order chi connectivity index (χ0) is 21.7. The summed E-state index contributed by atoms with van der Waals surface area (Å²) in [4.78, 5) is 30.7. The van der Waals surface area contributed by atoms with Gasteiger partial charge in [-0.15, -0.1) is 0 Å². The molecule has 1 aliphatic carbocycles. The third-order valence-corrected chi connectivity index (χ3v) is 5.56. The van der Waals surface area contributed by atoms with Crippen molar-refractivity contribution in [2.75, 3.05) is 6.61 Å². The predicted molar refractivity (Wildman–Crippen MR) is 116 cm³/mol. The summed E-state index contributed by atoms with van der Waals surface area (Å²) in [5.41, 5.74) is 5.53. The maximum atomic E-state index is 12.9. The Hall–Kier alpha value is -2.43. The largest absolute Gasteiger partial charge is 0.511 e. The third-order valence-electron chi connectivity index (χ3n) is 5.56. The monoisotopic (exact) mass is 399 g/mol. The lowest BCUT2D eigenvalue weighted by molar-refractivity contribution is -0.116. The Morgan fingerprint density at radius 1 is 1.17 bits per heavy atom. The van der Waals surface area contributed by atoms with Gasteiger partial charge >= 0.3 is 0 Å². The number of hydrogen-bond donors (Lipinski definition) is 1. The number of hydrogen-bond acceptors (Lipinski definition) is 5. The Morgan fingerprint density at radius 2 is 1.86 bits per heavy atom. The van der Waals surface area contributed by atoms with Crippen molar-refractivity contribution in [2.24, 2.45) is 5.16 Å². The fraction of sp³-hybridized carbons (Fsp3) is 0.542. The van der Waals surface area contributed by atoms with Crippen molar-refractivity contribution in [3.05, 3.63) is 45.2 Å².